The highest BCUT2D eigenvalue weighted by Gasteiger charge is 2.24. The number of benzene rings is 1. The van der Waals surface area contributed by atoms with Crippen molar-refractivity contribution >= 4 is 29.7 Å². The number of esters is 1. The Labute approximate surface area is 134 Å². The molecule has 2 rings (SSSR count). The molecule has 3 amide bonds. The molecule has 9 heteroatoms. The van der Waals surface area contributed by atoms with E-state index in [1.165, 1.54) is 0 Å². The van der Waals surface area contributed by atoms with Crippen LogP contribution in [-0.4, -0.2) is 36.3 Å². The topological polar surface area (TPSA) is 84.5 Å². The molecule has 23 heavy (non-hydrogen) atoms. The number of carbonyl (C=O) groups is 3. The maximum atomic E-state index is 13.3. The normalized spacial score (nSPS) is 13.3. The maximum Gasteiger partial charge on any atom is 0.321 e. The van der Waals surface area contributed by atoms with Gasteiger partial charge in [-0.15, -0.1) is 11.8 Å². The fourth-order valence-electron chi connectivity index (χ4n) is 1.52. The third-order valence-corrected chi connectivity index (χ3v) is 3.77. The van der Waals surface area contributed by atoms with Gasteiger partial charge in [-0.3, -0.25) is 14.9 Å². The van der Waals surface area contributed by atoms with Crippen molar-refractivity contribution in [3.05, 3.63) is 29.8 Å². The van der Waals surface area contributed by atoms with Crippen LogP contribution >= 0.6 is 11.8 Å². The van der Waals surface area contributed by atoms with Crippen molar-refractivity contribution in [1.29, 1.82) is 0 Å². The number of halogens is 2. The zero-order chi connectivity index (χ0) is 16.8. The highest BCUT2D eigenvalue weighted by Crippen LogP contribution is 2.22. The lowest BCUT2D eigenvalue weighted by Crippen LogP contribution is -2.42. The molecule has 0 bridgehead atoms. The summed E-state index contributed by atoms with van der Waals surface area (Å²) in [6, 6.07) is 2.35. The molecule has 6 nitrogen and oxygen atoms in total. The van der Waals surface area contributed by atoms with Crippen LogP contribution in [0.3, 0.4) is 0 Å². The van der Waals surface area contributed by atoms with Gasteiger partial charge in [0.2, 0.25) is 0 Å². The predicted molar refractivity (Wildman–Crippen MR) is 77.7 cm³/mol. The summed E-state index contributed by atoms with van der Waals surface area (Å²) in [5.41, 5.74) is 0. The van der Waals surface area contributed by atoms with Gasteiger partial charge in [0.15, 0.2) is 6.61 Å². The average Bonchev–Trinajstić information content (AvgIpc) is 3.29. The van der Waals surface area contributed by atoms with E-state index in [-0.39, 0.29) is 16.7 Å². The molecule has 1 saturated carbocycles. The van der Waals surface area contributed by atoms with Crippen LogP contribution in [0.15, 0.2) is 23.1 Å². The molecule has 124 valence electrons. The Balaban J connectivity index is 1.67. The second-order valence-electron chi connectivity index (χ2n) is 4.82. The lowest BCUT2D eigenvalue weighted by Gasteiger charge is -2.07. The quantitative estimate of drug-likeness (QED) is 0.605. The Hall–Kier alpha value is -2.16. The third-order valence-electron chi connectivity index (χ3n) is 2.77. The molecule has 1 fully saturated rings. The molecule has 0 heterocycles. The van der Waals surface area contributed by atoms with Crippen molar-refractivity contribution in [3.63, 3.8) is 0 Å². The summed E-state index contributed by atoms with van der Waals surface area (Å²) in [6.45, 7) is -0.622. The van der Waals surface area contributed by atoms with Crippen LogP contribution < -0.4 is 10.6 Å². The summed E-state index contributed by atoms with van der Waals surface area (Å²) < 4.78 is 30.9. The van der Waals surface area contributed by atoms with Crippen LogP contribution in [0.2, 0.25) is 0 Å². The Bertz CT molecular complexity index is 623. The first-order valence-electron chi connectivity index (χ1n) is 6.78. The Morgan fingerprint density at radius 3 is 2.70 bits per heavy atom. The molecule has 0 aromatic heterocycles. The molecule has 1 aliphatic carbocycles. The van der Waals surface area contributed by atoms with E-state index in [9.17, 15) is 23.2 Å². The fraction of sp³-hybridized carbons (Fsp3) is 0.357. The van der Waals surface area contributed by atoms with Crippen molar-refractivity contribution in [1.82, 2.24) is 10.6 Å². The SMILES string of the molecule is O=C(COC(=O)CSc1cc(F)ccc1F)NC(=O)NC1CC1. The lowest BCUT2D eigenvalue weighted by molar-refractivity contribution is -0.145. The monoisotopic (exact) mass is 344 g/mol. The van der Waals surface area contributed by atoms with Crippen LogP contribution in [0.4, 0.5) is 13.6 Å². The van der Waals surface area contributed by atoms with E-state index in [0.717, 1.165) is 42.8 Å². The molecule has 0 aliphatic heterocycles. The zero-order valence-electron chi connectivity index (χ0n) is 11.9. The van der Waals surface area contributed by atoms with E-state index in [2.05, 4.69) is 10.1 Å². The number of urea groups is 1. The maximum absolute atomic E-state index is 13.3. The van der Waals surface area contributed by atoms with Crippen molar-refractivity contribution in [3.8, 4) is 0 Å². The minimum Gasteiger partial charge on any atom is -0.455 e. The first kappa shape index (κ1) is 17.2. The number of thioether (sulfide) groups is 1. The Kier molecular flexibility index (Phi) is 5.91. The van der Waals surface area contributed by atoms with Crippen molar-refractivity contribution in [2.24, 2.45) is 0 Å². The number of hydrogen-bond acceptors (Lipinski definition) is 5. The molecule has 1 aliphatic rings. The van der Waals surface area contributed by atoms with Crippen LogP contribution in [0.25, 0.3) is 0 Å². The summed E-state index contributed by atoms with van der Waals surface area (Å²) in [6.07, 6.45) is 1.76. The number of amides is 3. The first-order chi connectivity index (χ1) is 10.9. The summed E-state index contributed by atoms with van der Waals surface area (Å²) in [7, 11) is 0. The zero-order valence-corrected chi connectivity index (χ0v) is 12.8. The predicted octanol–water partition coefficient (Wildman–Crippen LogP) is 1.59. The second-order valence-corrected chi connectivity index (χ2v) is 5.84. The van der Waals surface area contributed by atoms with Crippen molar-refractivity contribution < 1.29 is 27.9 Å². The Morgan fingerprint density at radius 2 is 2.00 bits per heavy atom. The number of nitrogens with one attached hydrogen (secondary N) is 2. The molecule has 0 atom stereocenters. The number of hydrogen-bond donors (Lipinski definition) is 2. The highest BCUT2D eigenvalue weighted by molar-refractivity contribution is 8.00. The third kappa shape index (κ3) is 6.23. The fourth-order valence-corrected chi connectivity index (χ4v) is 2.28. The van der Waals surface area contributed by atoms with Gasteiger partial charge in [-0.1, -0.05) is 0 Å². The molecular weight excluding hydrogens is 330 g/mol. The number of carbonyl (C=O) groups excluding carboxylic acids is 3. The molecule has 1 aromatic carbocycles. The standard InChI is InChI=1S/C14H14F2N2O4S/c15-8-1-4-10(16)11(5-8)23-7-13(20)22-6-12(19)18-14(21)17-9-2-3-9/h1,4-5,9H,2-3,6-7H2,(H2,17,18,19,21). The van der Waals surface area contributed by atoms with Gasteiger partial charge in [0.1, 0.15) is 11.6 Å². The molecule has 0 saturated heterocycles. The molecule has 0 unspecified atom stereocenters. The van der Waals surface area contributed by atoms with Crippen LogP contribution in [0.5, 0.6) is 0 Å². The van der Waals surface area contributed by atoms with E-state index in [0.29, 0.717) is 0 Å². The van der Waals surface area contributed by atoms with Crippen LogP contribution in [0, 0.1) is 11.6 Å². The minimum atomic E-state index is -0.781. The van der Waals surface area contributed by atoms with Gasteiger partial charge in [-0.25, -0.2) is 13.6 Å². The number of imide groups is 1. The molecule has 0 spiro atoms. The molecular formula is C14H14F2N2O4S. The van der Waals surface area contributed by atoms with Crippen LogP contribution in [0.1, 0.15) is 12.8 Å². The average molecular weight is 344 g/mol. The molecule has 2 N–H and O–H groups in total. The van der Waals surface area contributed by atoms with Crippen molar-refractivity contribution in [2.45, 2.75) is 23.8 Å². The number of rotatable bonds is 6. The smallest absolute Gasteiger partial charge is 0.321 e. The van der Waals surface area contributed by atoms with Gasteiger partial charge >= 0.3 is 12.0 Å². The summed E-state index contributed by atoms with van der Waals surface area (Å²) in [5.74, 6) is -3.11. The van der Waals surface area contributed by atoms with E-state index in [1.807, 2.05) is 5.32 Å². The van der Waals surface area contributed by atoms with E-state index in [1.54, 1.807) is 0 Å². The van der Waals surface area contributed by atoms with Gasteiger partial charge in [-0.05, 0) is 31.0 Å². The van der Waals surface area contributed by atoms with E-state index in [4.69, 9.17) is 0 Å². The summed E-state index contributed by atoms with van der Waals surface area (Å²) in [5, 5.41) is 4.55. The second kappa shape index (κ2) is 7.91. The van der Waals surface area contributed by atoms with Gasteiger partial charge in [0, 0.05) is 10.9 Å². The largest absolute Gasteiger partial charge is 0.455 e. The highest BCUT2D eigenvalue weighted by atomic mass is 32.2. The molecule has 0 radical (unpaired) electrons. The summed E-state index contributed by atoms with van der Waals surface area (Å²) >= 11 is 0.751. The van der Waals surface area contributed by atoms with Crippen LogP contribution in [-0.2, 0) is 14.3 Å². The van der Waals surface area contributed by atoms with E-state index < -0.39 is 36.1 Å². The van der Waals surface area contributed by atoms with Gasteiger partial charge in [-0.2, -0.15) is 0 Å². The molecule has 1 aromatic rings. The first-order valence-corrected chi connectivity index (χ1v) is 7.76. The summed E-state index contributed by atoms with van der Waals surface area (Å²) in [4.78, 5) is 34.0. The Morgan fingerprint density at radius 1 is 1.26 bits per heavy atom. The van der Waals surface area contributed by atoms with Gasteiger partial charge < -0.3 is 10.1 Å². The lowest BCUT2D eigenvalue weighted by atomic mass is 10.3. The van der Waals surface area contributed by atoms with E-state index >= 15 is 0 Å². The van der Waals surface area contributed by atoms with Crippen molar-refractivity contribution in [2.75, 3.05) is 12.4 Å². The van der Waals surface area contributed by atoms with Gasteiger partial charge in [0.05, 0.1) is 5.75 Å². The number of ether oxygens (including phenoxy) is 1. The minimum absolute atomic E-state index is 0.0322. The van der Waals surface area contributed by atoms with Gasteiger partial charge in [0.25, 0.3) is 5.91 Å².